The lowest BCUT2D eigenvalue weighted by Crippen LogP contribution is -2.05. The van der Waals surface area contributed by atoms with Crippen LogP contribution in [0.4, 0.5) is 0 Å². The van der Waals surface area contributed by atoms with Crippen LogP contribution in [-0.2, 0) is 6.42 Å². The molecule has 5 nitrogen and oxygen atoms in total. The van der Waals surface area contributed by atoms with Gasteiger partial charge in [0, 0.05) is 13.0 Å². The summed E-state index contributed by atoms with van der Waals surface area (Å²) in [6.45, 7) is 0.344. The molecule has 1 aliphatic rings. The molecule has 0 aliphatic heterocycles. The first-order valence-electron chi connectivity index (χ1n) is 10.4. The third-order valence-electron chi connectivity index (χ3n) is 5.51. The van der Waals surface area contributed by atoms with E-state index in [9.17, 15) is 0 Å². The number of aromatic amines is 1. The molecule has 1 aromatic rings. The SMILES string of the molecule is OCCCCCCC=C[C@H]1CCC[C@H]1CCCCCCc1nnn[nH]1. The van der Waals surface area contributed by atoms with E-state index in [-0.39, 0.29) is 0 Å². The molecule has 5 heteroatoms. The van der Waals surface area contributed by atoms with E-state index < -0.39 is 0 Å². The van der Waals surface area contributed by atoms with Crippen LogP contribution in [0.3, 0.4) is 0 Å². The zero-order chi connectivity index (χ0) is 17.6. The minimum absolute atomic E-state index is 0.344. The predicted molar refractivity (Wildman–Crippen MR) is 101 cm³/mol. The van der Waals surface area contributed by atoms with E-state index in [4.69, 9.17) is 5.11 Å². The maximum Gasteiger partial charge on any atom is 0.148 e. The molecule has 1 aromatic heterocycles. The van der Waals surface area contributed by atoms with Crippen molar-refractivity contribution in [2.45, 2.75) is 89.9 Å². The molecule has 0 spiro atoms. The summed E-state index contributed by atoms with van der Waals surface area (Å²) in [7, 11) is 0. The molecular weight excluding hydrogens is 312 g/mol. The number of H-pyrrole nitrogens is 1. The molecule has 0 bridgehead atoms. The number of nitrogens with one attached hydrogen (secondary N) is 1. The van der Waals surface area contributed by atoms with Gasteiger partial charge in [0.15, 0.2) is 0 Å². The van der Waals surface area contributed by atoms with Crippen LogP contribution in [0.1, 0.15) is 89.3 Å². The van der Waals surface area contributed by atoms with Gasteiger partial charge in [0.1, 0.15) is 5.82 Å². The monoisotopic (exact) mass is 348 g/mol. The van der Waals surface area contributed by atoms with Gasteiger partial charge in [-0.3, -0.25) is 0 Å². The predicted octanol–water partition coefficient (Wildman–Crippen LogP) is 4.61. The molecule has 1 heterocycles. The third-order valence-corrected chi connectivity index (χ3v) is 5.51. The Kier molecular flexibility index (Phi) is 10.5. The number of unbranched alkanes of at least 4 members (excludes halogenated alkanes) is 7. The van der Waals surface area contributed by atoms with E-state index in [1.165, 1.54) is 77.0 Å². The Labute approximate surface area is 152 Å². The Bertz CT molecular complexity index is 447. The highest BCUT2D eigenvalue weighted by molar-refractivity contribution is 4.94. The van der Waals surface area contributed by atoms with Crippen molar-refractivity contribution in [3.63, 3.8) is 0 Å². The van der Waals surface area contributed by atoms with Gasteiger partial charge in [0.05, 0.1) is 0 Å². The quantitative estimate of drug-likeness (QED) is 0.380. The standard InChI is InChI=1S/C20H36N4O/c25-17-10-6-2-1-3-7-12-18-14-11-15-19(18)13-8-4-5-9-16-20-21-23-24-22-20/h7,12,18-19,25H,1-6,8-11,13-17H2,(H,21,22,23,24)/t18-,19+/m0/s1. The van der Waals surface area contributed by atoms with Gasteiger partial charge in [-0.25, -0.2) is 5.10 Å². The normalized spacial score (nSPS) is 20.7. The number of aryl methyl sites for hydroxylation is 1. The number of rotatable bonds is 14. The zero-order valence-electron chi connectivity index (χ0n) is 15.7. The lowest BCUT2D eigenvalue weighted by Gasteiger charge is -2.16. The van der Waals surface area contributed by atoms with Crippen molar-refractivity contribution in [1.29, 1.82) is 0 Å². The second kappa shape index (κ2) is 13.0. The molecule has 1 aliphatic carbocycles. The lowest BCUT2D eigenvalue weighted by molar-refractivity contribution is 0.282. The largest absolute Gasteiger partial charge is 0.396 e. The molecule has 0 saturated heterocycles. The van der Waals surface area contributed by atoms with Crippen molar-refractivity contribution in [3.05, 3.63) is 18.0 Å². The summed E-state index contributed by atoms with van der Waals surface area (Å²) in [4.78, 5) is 0. The molecule has 0 radical (unpaired) electrons. The zero-order valence-corrected chi connectivity index (χ0v) is 15.7. The molecule has 1 saturated carbocycles. The highest BCUT2D eigenvalue weighted by Crippen LogP contribution is 2.36. The van der Waals surface area contributed by atoms with E-state index >= 15 is 0 Å². The summed E-state index contributed by atoms with van der Waals surface area (Å²) in [5, 5.41) is 22.8. The maximum absolute atomic E-state index is 8.78. The Morgan fingerprint density at radius 3 is 2.68 bits per heavy atom. The molecule has 0 amide bonds. The number of tetrazole rings is 1. The van der Waals surface area contributed by atoms with Gasteiger partial charge in [-0.1, -0.05) is 50.7 Å². The number of aliphatic hydroxyl groups is 1. The first-order chi connectivity index (χ1) is 12.4. The summed E-state index contributed by atoms with van der Waals surface area (Å²) in [5.41, 5.74) is 0. The number of allylic oxidation sites excluding steroid dienone is 2. The van der Waals surface area contributed by atoms with Gasteiger partial charge in [-0.2, -0.15) is 0 Å². The van der Waals surface area contributed by atoms with Crippen molar-refractivity contribution < 1.29 is 5.11 Å². The van der Waals surface area contributed by atoms with Crippen LogP contribution in [0.15, 0.2) is 12.2 Å². The fraction of sp³-hybridized carbons (Fsp3) is 0.850. The summed E-state index contributed by atoms with van der Waals surface area (Å²) >= 11 is 0. The molecule has 0 unspecified atom stereocenters. The van der Waals surface area contributed by atoms with Gasteiger partial charge in [-0.15, -0.1) is 5.10 Å². The second-order valence-electron chi connectivity index (χ2n) is 7.51. The van der Waals surface area contributed by atoms with E-state index in [1.807, 2.05) is 0 Å². The van der Waals surface area contributed by atoms with Crippen LogP contribution < -0.4 is 0 Å². The van der Waals surface area contributed by atoms with Crippen LogP contribution in [-0.4, -0.2) is 32.3 Å². The van der Waals surface area contributed by atoms with Crippen LogP contribution >= 0.6 is 0 Å². The summed E-state index contributed by atoms with van der Waals surface area (Å²) in [6.07, 6.45) is 22.6. The van der Waals surface area contributed by atoms with Gasteiger partial charge in [0.25, 0.3) is 0 Å². The molecular formula is C20H36N4O. The van der Waals surface area contributed by atoms with Crippen molar-refractivity contribution in [2.24, 2.45) is 11.8 Å². The number of aliphatic hydroxyl groups excluding tert-OH is 1. The molecule has 2 atom stereocenters. The summed E-state index contributed by atoms with van der Waals surface area (Å²) in [5.74, 6) is 2.67. The minimum atomic E-state index is 0.344. The average molecular weight is 349 g/mol. The second-order valence-corrected chi connectivity index (χ2v) is 7.51. The lowest BCUT2D eigenvalue weighted by atomic mass is 9.90. The third kappa shape index (κ3) is 8.61. The van der Waals surface area contributed by atoms with Crippen LogP contribution in [0.2, 0.25) is 0 Å². The molecule has 1 fully saturated rings. The summed E-state index contributed by atoms with van der Waals surface area (Å²) < 4.78 is 0. The fourth-order valence-corrected chi connectivity index (χ4v) is 4.01. The Balaban J connectivity index is 1.49. The van der Waals surface area contributed by atoms with E-state index in [0.717, 1.165) is 30.5 Å². The topological polar surface area (TPSA) is 74.7 Å². The highest BCUT2D eigenvalue weighted by Gasteiger charge is 2.24. The number of nitrogens with zero attached hydrogens (tertiary/aromatic N) is 3. The van der Waals surface area contributed by atoms with Crippen molar-refractivity contribution in [1.82, 2.24) is 20.6 Å². The first-order valence-corrected chi connectivity index (χ1v) is 10.4. The fourth-order valence-electron chi connectivity index (χ4n) is 4.01. The number of hydrogen-bond acceptors (Lipinski definition) is 4. The van der Waals surface area contributed by atoms with Crippen molar-refractivity contribution in [2.75, 3.05) is 6.61 Å². The highest BCUT2D eigenvalue weighted by atomic mass is 16.2. The Hall–Kier alpha value is -1.23. The van der Waals surface area contributed by atoms with Crippen molar-refractivity contribution >= 4 is 0 Å². The van der Waals surface area contributed by atoms with Gasteiger partial charge in [0.2, 0.25) is 0 Å². The molecule has 2 rings (SSSR count). The van der Waals surface area contributed by atoms with Crippen molar-refractivity contribution in [3.8, 4) is 0 Å². The minimum Gasteiger partial charge on any atom is -0.396 e. The van der Waals surface area contributed by atoms with E-state index in [2.05, 4.69) is 32.8 Å². The number of hydrogen-bond donors (Lipinski definition) is 2. The smallest absolute Gasteiger partial charge is 0.148 e. The Morgan fingerprint density at radius 2 is 1.84 bits per heavy atom. The van der Waals surface area contributed by atoms with Gasteiger partial charge < -0.3 is 5.11 Å². The van der Waals surface area contributed by atoms with Crippen LogP contribution in [0.25, 0.3) is 0 Å². The molecule has 25 heavy (non-hydrogen) atoms. The van der Waals surface area contributed by atoms with Crippen LogP contribution in [0, 0.1) is 11.8 Å². The molecule has 142 valence electrons. The molecule has 2 N–H and O–H groups in total. The molecule has 0 aromatic carbocycles. The Morgan fingerprint density at radius 1 is 1.00 bits per heavy atom. The van der Waals surface area contributed by atoms with Gasteiger partial charge in [-0.05, 0) is 67.2 Å². The first kappa shape index (κ1) is 20.1. The van der Waals surface area contributed by atoms with Crippen LogP contribution in [0.5, 0.6) is 0 Å². The van der Waals surface area contributed by atoms with E-state index in [1.54, 1.807) is 0 Å². The number of aromatic nitrogens is 4. The van der Waals surface area contributed by atoms with E-state index in [0.29, 0.717) is 6.61 Å². The summed E-state index contributed by atoms with van der Waals surface area (Å²) in [6, 6.07) is 0. The maximum atomic E-state index is 8.78. The average Bonchev–Trinajstić information content (AvgIpc) is 3.29. The van der Waals surface area contributed by atoms with Gasteiger partial charge >= 0.3 is 0 Å².